The van der Waals surface area contributed by atoms with Crippen LogP contribution in [0.3, 0.4) is 0 Å². The predicted octanol–water partition coefficient (Wildman–Crippen LogP) is 1.90. The minimum atomic E-state index is -0.480. The molecule has 7 heteroatoms. The van der Waals surface area contributed by atoms with Gasteiger partial charge in [0.05, 0.1) is 0 Å². The number of nitrogens with one attached hydrogen (secondary N) is 1. The molecule has 3 heterocycles. The third-order valence-electron chi connectivity index (χ3n) is 3.33. The summed E-state index contributed by atoms with van der Waals surface area (Å²) in [6, 6.07) is 3.92. The van der Waals surface area contributed by atoms with Crippen LogP contribution in [0, 0.1) is 0 Å². The molecule has 100 valence electrons. The lowest BCUT2D eigenvalue weighted by Gasteiger charge is -2.31. The highest BCUT2D eigenvalue weighted by atomic mass is 79.9. The minimum Gasteiger partial charge on any atom is -0.392 e. The third-order valence-corrected chi connectivity index (χ3v) is 3.82. The number of hydrogen-bond donors (Lipinski definition) is 1. The molecule has 0 radical (unpaired) electrons. The van der Waals surface area contributed by atoms with Gasteiger partial charge in [-0.05, 0) is 25.0 Å². The molecule has 0 spiro atoms. The number of piperidine rings is 1. The summed E-state index contributed by atoms with van der Waals surface area (Å²) in [6.45, 7) is 1.76. The number of pyridine rings is 1. The van der Waals surface area contributed by atoms with Crippen molar-refractivity contribution in [2.75, 3.05) is 18.0 Å². The molecule has 0 saturated carbocycles. The van der Waals surface area contributed by atoms with Crippen LogP contribution in [0.5, 0.6) is 0 Å². The van der Waals surface area contributed by atoms with Crippen LogP contribution in [0.25, 0.3) is 0 Å². The molecule has 1 aliphatic rings. The van der Waals surface area contributed by atoms with Gasteiger partial charge in [-0.25, -0.2) is 14.9 Å². The Morgan fingerprint density at radius 1 is 1.42 bits per heavy atom. The molecule has 1 saturated heterocycles. The van der Waals surface area contributed by atoms with Crippen molar-refractivity contribution in [2.24, 2.45) is 0 Å². The molecule has 3 rings (SSSR count). The van der Waals surface area contributed by atoms with Gasteiger partial charge in [0.15, 0.2) is 0 Å². The Bertz CT molecular complexity index is 616. The highest BCUT2D eigenvalue weighted by Crippen LogP contribution is 2.28. The Morgan fingerprint density at radius 3 is 2.84 bits per heavy atom. The van der Waals surface area contributed by atoms with Crippen molar-refractivity contribution in [3.63, 3.8) is 0 Å². The van der Waals surface area contributed by atoms with Gasteiger partial charge in [0.25, 0.3) is 0 Å². The van der Waals surface area contributed by atoms with E-state index in [2.05, 4.69) is 36.0 Å². The molecule has 0 bridgehead atoms. The van der Waals surface area contributed by atoms with Crippen LogP contribution < -0.4 is 10.7 Å². The van der Waals surface area contributed by atoms with Crippen LogP contribution >= 0.6 is 15.9 Å². The molecular weight excluding hydrogens is 312 g/mol. The minimum absolute atomic E-state index is 0.211. The molecule has 1 aliphatic heterocycles. The van der Waals surface area contributed by atoms with E-state index < -0.39 is 5.76 Å². The van der Waals surface area contributed by atoms with Crippen LogP contribution in [0.15, 0.2) is 32.0 Å². The Balaban J connectivity index is 1.68. The largest absolute Gasteiger partial charge is 0.434 e. The molecule has 2 aromatic heterocycles. The first-order valence-corrected chi connectivity index (χ1v) is 6.93. The number of anilines is 1. The molecule has 0 amide bonds. The van der Waals surface area contributed by atoms with Gasteiger partial charge in [-0.15, -0.1) is 5.10 Å². The van der Waals surface area contributed by atoms with Crippen molar-refractivity contribution in [1.29, 1.82) is 0 Å². The van der Waals surface area contributed by atoms with Crippen molar-refractivity contribution in [3.8, 4) is 0 Å². The smallest absolute Gasteiger partial charge is 0.392 e. The topological polar surface area (TPSA) is 75.0 Å². The summed E-state index contributed by atoms with van der Waals surface area (Å²) in [5, 5.41) is 6.22. The van der Waals surface area contributed by atoms with E-state index in [1.54, 1.807) is 6.20 Å². The van der Waals surface area contributed by atoms with E-state index in [0.717, 1.165) is 36.2 Å². The Hall–Kier alpha value is -1.63. The maximum absolute atomic E-state index is 10.9. The van der Waals surface area contributed by atoms with Crippen LogP contribution in [-0.2, 0) is 0 Å². The van der Waals surface area contributed by atoms with Crippen molar-refractivity contribution in [3.05, 3.63) is 39.2 Å². The van der Waals surface area contributed by atoms with Crippen molar-refractivity contribution < 1.29 is 4.42 Å². The average Bonchev–Trinajstić information content (AvgIpc) is 2.86. The quantitative estimate of drug-likeness (QED) is 0.913. The Labute approximate surface area is 118 Å². The van der Waals surface area contributed by atoms with Gasteiger partial charge >= 0.3 is 5.76 Å². The van der Waals surface area contributed by atoms with E-state index in [1.165, 1.54) is 0 Å². The number of hydrogen-bond acceptors (Lipinski definition) is 5. The molecule has 19 heavy (non-hydrogen) atoms. The summed E-state index contributed by atoms with van der Waals surface area (Å²) < 4.78 is 6.05. The molecule has 2 aromatic rings. The fraction of sp³-hybridized carbons (Fsp3) is 0.417. The van der Waals surface area contributed by atoms with Gasteiger partial charge in [0.2, 0.25) is 5.89 Å². The molecule has 6 nitrogen and oxygen atoms in total. The van der Waals surface area contributed by atoms with Gasteiger partial charge in [0, 0.05) is 29.7 Å². The summed E-state index contributed by atoms with van der Waals surface area (Å²) in [6.07, 6.45) is 3.60. The highest BCUT2D eigenvalue weighted by molar-refractivity contribution is 9.10. The van der Waals surface area contributed by atoms with E-state index in [4.69, 9.17) is 4.42 Å². The van der Waals surface area contributed by atoms with E-state index in [0.29, 0.717) is 5.89 Å². The number of nitrogens with zero attached hydrogens (tertiary/aromatic N) is 3. The molecule has 1 fully saturated rings. The normalized spacial score (nSPS) is 16.8. The first-order valence-electron chi connectivity index (χ1n) is 6.14. The van der Waals surface area contributed by atoms with E-state index in [9.17, 15) is 4.79 Å². The zero-order valence-corrected chi connectivity index (χ0v) is 11.8. The van der Waals surface area contributed by atoms with E-state index in [-0.39, 0.29) is 5.92 Å². The fourth-order valence-electron chi connectivity index (χ4n) is 2.34. The van der Waals surface area contributed by atoms with Gasteiger partial charge in [0.1, 0.15) is 5.82 Å². The first kappa shape index (κ1) is 12.4. The molecule has 0 atom stereocenters. The van der Waals surface area contributed by atoms with Crippen LogP contribution in [-0.4, -0.2) is 28.3 Å². The number of H-pyrrole nitrogens is 1. The zero-order valence-electron chi connectivity index (χ0n) is 10.2. The molecule has 1 N–H and O–H groups in total. The molecule has 0 unspecified atom stereocenters. The second kappa shape index (κ2) is 5.16. The summed E-state index contributed by atoms with van der Waals surface area (Å²) in [5.74, 6) is 1.22. The van der Waals surface area contributed by atoms with Crippen LogP contribution in [0.1, 0.15) is 24.7 Å². The van der Waals surface area contributed by atoms with Gasteiger partial charge in [-0.1, -0.05) is 15.9 Å². The molecule has 0 aromatic carbocycles. The van der Waals surface area contributed by atoms with Crippen LogP contribution in [0.2, 0.25) is 0 Å². The van der Waals surface area contributed by atoms with Gasteiger partial charge in [-0.2, -0.15) is 0 Å². The second-order valence-electron chi connectivity index (χ2n) is 4.54. The summed E-state index contributed by atoms with van der Waals surface area (Å²) in [4.78, 5) is 17.5. The monoisotopic (exact) mass is 324 g/mol. The van der Waals surface area contributed by atoms with Gasteiger partial charge < -0.3 is 9.32 Å². The highest BCUT2D eigenvalue weighted by Gasteiger charge is 2.25. The van der Waals surface area contributed by atoms with E-state index >= 15 is 0 Å². The molecule has 0 aliphatic carbocycles. The third kappa shape index (κ3) is 2.70. The summed E-state index contributed by atoms with van der Waals surface area (Å²) >= 11 is 3.45. The Kier molecular flexibility index (Phi) is 3.37. The zero-order chi connectivity index (χ0) is 13.2. The molecular formula is C12H13BrN4O2. The van der Waals surface area contributed by atoms with E-state index in [1.807, 2.05) is 12.1 Å². The Morgan fingerprint density at radius 2 is 2.21 bits per heavy atom. The average molecular weight is 325 g/mol. The first-order chi connectivity index (χ1) is 9.22. The van der Waals surface area contributed by atoms with Crippen molar-refractivity contribution in [1.82, 2.24) is 15.2 Å². The number of halogens is 1. The van der Waals surface area contributed by atoms with Crippen LogP contribution in [0.4, 0.5) is 5.82 Å². The van der Waals surface area contributed by atoms with Crippen molar-refractivity contribution in [2.45, 2.75) is 18.8 Å². The maximum atomic E-state index is 10.9. The van der Waals surface area contributed by atoms with Crippen molar-refractivity contribution >= 4 is 21.7 Å². The lowest BCUT2D eigenvalue weighted by Crippen LogP contribution is -2.33. The number of aromatic amines is 1. The standard InChI is InChI=1S/C12H13BrN4O2/c13-9-1-4-14-10(7-9)17-5-2-8(3-6-17)11-15-16-12(18)19-11/h1,4,7-8H,2-3,5-6H2,(H,16,18). The lowest BCUT2D eigenvalue weighted by atomic mass is 9.97. The van der Waals surface area contributed by atoms with Gasteiger partial charge in [-0.3, -0.25) is 0 Å². The summed E-state index contributed by atoms with van der Waals surface area (Å²) in [7, 11) is 0. The second-order valence-corrected chi connectivity index (χ2v) is 5.46. The lowest BCUT2D eigenvalue weighted by molar-refractivity contribution is 0.379. The number of rotatable bonds is 2. The number of aromatic nitrogens is 3. The summed E-state index contributed by atoms with van der Waals surface area (Å²) in [5.41, 5.74) is 0. The fourth-order valence-corrected chi connectivity index (χ4v) is 2.66. The predicted molar refractivity (Wildman–Crippen MR) is 73.2 cm³/mol. The SMILES string of the molecule is O=c1[nH]nc(C2CCN(c3cc(Br)ccn3)CC2)o1. The maximum Gasteiger partial charge on any atom is 0.434 e.